The van der Waals surface area contributed by atoms with Crippen LogP contribution in [0.5, 0.6) is 0 Å². The average molecular weight is 427 g/mol. The van der Waals surface area contributed by atoms with Gasteiger partial charge in [0.2, 0.25) is 0 Å². The van der Waals surface area contributed by atoms with Gasteiger partial charge in [0.1, 0.15) is 15.5 Å². The molecule has 0 saturated carbocycles. The highest BCUT2D eigenvalue weighted by molar-refractivity contribution is 7.91. The molecule has 1 aromatic carbocycles. The minimum Gasteiger partial charge on any atom is -0.466 e. The largest absolute Gasteiger partial charge is 0.466 e. The summed E-state index contributed by atoms with van der Waals surface area (Å²) >= 11 is 0. The van der Waals surface area contributed by atoms with E-state index in [9.17, 15) is 23.3 Å². The molecule has 1 heterocycles. The van der Waals surface area contributed by atoms with Gasteiger partial charge in [0.05, 0.1) is 29.5 Å². The zero-order valence-corrected chi connectivity index (χ0v) is 18.3. The zero-order valence-electron chi connectivity index (χ0n) is 17.5. The van der Waals surface area contributed by atoms with E-state index in [0.29, 0.717) is 30.6 Å². The van der Waals surface area contributed by atoms with Crippen LogP contribution in [0.15, 0.2) is 18.2 Å². The van der Waals surface area contributed by atoms with Gasteiger partial charge in [-0.05, 0) is 38.3 Å². The summed E-state index contributed by atoms with van der Waals surface area (Å²) in [5.41, 5.74) is 0.515. The quantitative estimate of drug-likeness (QED) is 0.357. The number of nitrogens with zero attached hydrogens (tertiary/aromatic N) is 2. The van der Waals surface area contributed by atoms with Crippen LogP contribution in [0.1, 0.15) is 52.5 Å². The highest BCUT2D eigenvalue weighted by atomic mass is 32.2. The highest BCUT2D eigenvalue weighted by Gasteiger charge is 2.33. The molecule has 9 heteroatoms. The first-order valence-electron chi connectivity index (χ1n) is 9.92. The number of nitro groups is 1. The van der Waals surface area contributed by atoms with Crippen molar-refractivity contribution in [1.29, 1.82) is 0 Å². The number of esters is 1. The Hall–Kier alpha value is -2.16. The Morgan fingerprint density at radius 1 is 1.28 bits per heavy atom. The van der Waals surface area contributed by atoms with E-state index in [2.05, 4.69) is 0 Å². The third kappa shape index (κ3) is 5.68. The third-order valence-corrected chi connectivity index (χ3v) is 7.18. The Labute approximate surface area is 172 Å². The molecule has 0 unspecified atom stereocenters. The summed E-state index contributed by atoms with van der Waals surface area (Å²) in [5, 5.41) is 11.8. The summed E-state index contributed by atoms with van der Waals surface area (Å²) < 4.78 is 28.5. The number of ether oxygens (including phenoxy) is 1. The van der Waals surface area contributed by atoms with Gasteiger partial charge in [-0.1, -0.05) is 19.9 Å². The summed E-state index contributed by atoms with van der Waals surface area (Å²) in [4.78, 5) is 25.3. The molecule has 0 aromatic heterocycles. The number of nitro benzene ring substituents is 1. The van der Waals surface area contributed by atoms with Crippen molar-refractivity contribution in [3.8, 4) is 0 Å². The van der Waals surface area contributed by atoms with Crippen LogP contribution in [-0.4, -0.2) is 50.0 Å². The molecular weight excluding hydrogens is 396 g/mol. The average Bonchev–Trinajstić information content (AvgIpc) is 2.63. The van der Waals surface area contributed by atoms with Crippen molar-refractivity contribution in [3.05, 3.63) is 33.9 Å². The van der Waals surface area contributed by atoms with Gasteiger partial charge in [0.15, 0.2) is 0 Å². The topological polar surface area (TPSA) is 107 Å². The molecule has 8 nitrogen and oxygen atoms in total. The second-order valence-electron chi connectivity index (χ2n) is 8.00. The Morgan fingerprint density at radius 2 is 1.90 bits per heavy atom. The predicted molar refractivity (Wildman–Crippen MR) is 112 cm³/mol. The molecule has 1 saturated heterocycles. The van der Waals surface area contributed by atoms with Crippen molar-refractivity contribution >= 4 is 27.2 Å². The summed E-state index contributed by atoms with van der Waals surface area (Å²) in [5.74, 6) is -0.137. The maximum atomic E-state index is 11.9. The molecule has 1 fully saturated rings. The third-order valence-electron chi connectivity index (χ3n) is 5.46. The van der Waals surface area contributed by atoms with Crippen LogP contribution in [0.25, 0.3) is 0 Å². The molecule has 162 valence electrons. The maximum Gasteiger partial charge on any atom is 0.306 e. The molecule has 0 N–H and O–H groups in total. The summed E-state index contributed by atoms with van der Waals surface area (Å²) in [6.45, 7) is 8.18. The lowest BCUT2D eigenvalue weighted by Crippen LogP contribution is -2.41. The number of rotatable bonds is 8. The normalized spacial score (nSPS) is 17.0. The monoisotopic (exact) mass is 426 g/mol. The lowest BCUT2D eigenvalue weighted by Gasteiger charge is -2.35. The number of carbonyl (C=O) groups is 1. The van der Waals surface area contributed by atoms with Crippen LogP contribution < -0.4 is 4.90 Å². The minimum absolute atomic E-state index is 0.0327. The van der Waals surface area contributed by atoms with Crippen LogP contribution in [0.2, 0.25) is 0 Å². The van der Waals surface area contributed by atoms with E-state index in [0.717, 1.165) is 0 Å². The Kier molecular flexibility index (Phi) is 7.26. The standard InChI is InChI=1S/C20H30N2O6S/c1-5-21(16-9-11-29(26,27)12-10-16)17-8-7-15(13-18(17)22(24)25)20(3,4)14-19(23)28-6-2/h7-8,13,16H,5-6,9-12,14H2,1-4H3. The van der Waals surface area contributed by atoms with Crippen molar-refractivity contribution in [3.63, 3.8) is 0 Å². The number of hydrogen-bond donors (Lipinski definition) is 0. The summed E-state index contributed by atoms with van der Waals surface area (Å²) in [6.07, 6.45) is 1.04. The molecule has 1 aliphatic heterocycles. The van der Waals surface area contributed by atoms with Gasteiger partial charge in [-0.3, -0.25) is 14.9 Å². The Bertz CT molecular complexity index is 852. The van der Waals surface area contributed by atoms with Gasteiger partial charge in [-0.25, -0.2) is 8.42 Å². The molecule has 29 heavy (non-hydrogen) atoms. The van der Waals surface area contributed by atoms with Gasteiger partial charge in [-0.15, -0.1) is 0 Å². The summed E-state index contributed by atoms with van der Waals surface area (Å²) in [6, 6.07) is 4.99. The smallest absolute Gasteiger partial charge is 0.306 e. The zero-order chi connectivity index (χ0) is 21.8. The molecule has 1 aromatic rings. The van der Waals surface area contributed by atoms with Crippen molar-refractivity contribution in [1.82, 2.24) is 0 Å². The van der Waals surface area contributed by atoms with Gasteiger partial charge in [0, 0.05) is 24.1 Å². The van der Waals surface area contributed by atoms with Gasteiger partial charge >= 0.3 is 5.97 Å². The van der Waals surface area contributed by atoms with Crippen molar-refractivity contribution in [2.24, 2.45) is 0 Å². The van der Waals surface area contributed by atoms with Crippen LogP contribution in [0.3, 0.4) is 0 Å². The Balaban J connectivity index is 2.36. The fourth-order valence-electron chi connectivity index (χ4n) is 3.82. The van der Waals surface area contributed by atoms with E-state index in [1.165, 1.54) is 6.07 Å². The van der Waals surface area contributed by atoms with Crippen molar-refractivity contribution < 1.29 is 22.9 Å². The summed E-state index contributed by atoms with van der Waals surface area (Å²) in [7, 11) is -3.01. The van der Waals surface area contributed by atoms with Gasteiger partial charge in [-0.2, -0.15) is 0 Å². The molecule has 0 amide bonds. The van der Waals surface area contributed by atoms with Gasteiger partial charge in [0.25, 0.3) is 5.69 Å². The molecular formula is C20H30N2O6S. The number of hydrogen-bond acceptors (Lipinski definition) is 7. The number of sulfone groups is 1. The number of benzene rings is 1. The molecule has 0 aliphatic carbocycles. The van der Waals surface area contributed by atoms with E-state index in [1.807, 2.05) is 31.7 Å². The fraction of sp³-hybridized carbons (Fsp3) is 0.650. The lowest BCUT2D eigenvalue weighted by molar-refractivity contribution is -0.384. The van der Waals surface area contributed by atoms with Crippen LogP contribution in [0.4, 0.5) is 11.4 Å². The van der Waals surface area contributed by atoms with Crippen LogP contribution in [0, 0.1) is 10.1 Å². The Morgan fingerprint density at radius 3 is 2.41 bits per heavy atom. The molecule has 1 aliphatic rings. The van der Waals surface area contributed by atoms with Gasteiger partial charge < -0.3 is 9.64 Å². The van der Waals surface area contributed by atoms with E-state index in [1.54, 1.807) is 13.0 Å². The van der Waals surface area contributed by atoms with E-state index in [4.69, 9.17) is 4.74 Å². The highest BCUT2D eigenvalue weighted by Crippen LogP contribution is 2.37. The number of anilines is 1. The number of carbonyl (C=O) groups excluding carboxylic acids is 1. The van der Waals surface area contributed by atoms with E-state index in [-0.39, 0.29) is 42.2 Å². The maximum absolute atomic E-state index is 11.9. The van der Waals surface area contributed by atoms with Crippen molar-refractivity contribution in [2.45, 2.75) is 58.4 Å². The lowest BCUT2D eigenvalue weighted by atomic mass is 9.81. The van der Waals surface area contributed by atoms with Crippen LogP contribution >= 0.6 is 0 Å². The second-order valence-corrected chi connectivity index (χ2v) is 10.3. The fourth-order valence-corrected chi connectivity index (χ4v) is 5.29. The minimum atomic E-state index is -3.01. The predicted octanol–water partition coefficient (Wildman–Crippen LogP) is 3.23. The molecule has 2 rings (SSSR count). The molecule has 0 radical (unpaired) electrons. The first-order chi connectivity index (χ1) is 13.5. The SMILES string of the molecule is CCOC(=O)CC(C)(C)c1ccc(N(CC)C2CCS(=O)(=O)CC2)c([N+](=O)[O-])c1. The van der Waals surface area contributed by atoms with E-state index < -0.39 is 20.2 Å². The van der Waals surface area contributed by atoms with E-state index >= 15 is 0 Å². The molecule has 0 spiro atoms. The van der Waals surface area contributed by atoms with Crippen LogP contribution in [-0.2, 0) is 24.8 Å². The molecule has 0 atom stereocenters. The first-order valence-corrected chi connectivity index (χ1v) is 11.7. The second kappa shape index (κ2) is 9.11. The molecule has 0 bridgehead atoms. The van der Waals surface area contributed by atoms with Crippen molar-refractivity contribution in [2.75, 3.05) is 29.6 Å². The first kappa shape index (κ1) is 23.1.